The minimum absolute atomic E-state index is 0.331. The summed E-state index contributed by atoms with van der Waals surface area (Å²) in [6, 6.07) is 13.0. The second-order valence-electron chi connectivity index (χ2n) is 3.86. The van der Waals surface area contributed by atoms with Crippen LogP contribution in [-0.2, 0) is 0 Å². The Balaban J connectivity index is 2.60. The van der Waals surface area contributed by atoms with Gasteiger partial charge in [-0.05, 0) is 36.2 Å². The van der Waals surface area contributed by atoms with Crippen LogP contribution in [0.4, 0.5) is 0 Å². The fraction of sp³-hybridized carbons (Fsp3) is 0.0714. The molecule has 0 radical (unpaired) electrons. The summed E-state index contributed by atoms with van der Waals surface area (Å²) in [4.78, 5) is 11.2. The highest BCUT2D eigenvalue weighted by Gasteiger charge is 2.11. The summed E-state index contributed by atoms with van der Waals surface area (Å²) in [5, 5.41) is 9.16. The van der Waals surface area contributed by atoms with E-state index < -0.39 is 5.97 Å². The van der Waals surface area contributed by atoms with Crippen molar-refractivity contribution >= 4 is 21.9 Å². The number of hydrogen-bond donors (Lipinski definition) is 1. The molecule has 0 spiro atoms. The molecular formula is C14H11BrO2. The predicted molar refractivity (Wildman–Crippen MR) is 71.3 cm³/mol. The van der Waals surface area contributed by atoms with Gasteiger partial charge in [0.15, 0.2) is 0 Å². The van der Waals surface area contributed by atoms with Gasteiger partial charge in [-0.1, -0.05) is 45.8 Å². The molecule has 0 unspecified atom stereocenters. The molecule has 1 N–H and O–H groups in total. The number of hydrogen-bond acceptors (Lipinski definition) is 1. The lowest BCUT2D eigenvalue weighted by Gasteiger charge is -2.07. The molecule has 0 aliphatic heterocycles. The quantitative estimate of drug-likeness (QED) is 0.903. The molecule has 0 fully saturated rings. The van der Waals surface area contributed by atoms with Crippen LogP contribution in [0.1, 0.15) is 15.9 Å². The predicted octanol–water partition coefficient (Wildman–Crippen LogP) is 4.12. The van der Waals surface area contributed by atoms with E-state index in [1.807, 2.05) is 43.3 Å². The standard InChI is InChI=1S/C14H11BrO2/c1-9-2-7-12(14(16)17)13(8-9)10-3-5-11(15)6-4-10/h2-8H,1H3,(H,16,17). The molecule has 0 heterocycles. The average Bonchev–Trinajstić information content (AvgIpc) is 2.29. The lowest BCUT2D eigenvalue weighted by Crippen LogP contribution is -1.99. The summed E-state index contributed by atoms with van der Waals surface area (Å²) < 4.78 is 0.978. The van der Waals surface area contributed by atoms with Crippen molar-refractivity contribution in [2.24, 2.45) is 0 Å². The largest absolute Gasteiger partial charge is 0.478 e. The van der Waals surface area contributed by atoms with Gasteiger partial charge in [-0.15, -0.1) is 0 Å². The molecular weight excluding hydrogens is 280 g/mol. The molecule has 0 saturated heterocycles. The van der Waals surface area contributed by atoms with Gasteiger partial charge in [0.05, 0.1) is 5.56 Å². The smallest absolute Gasteiger partial charge is 0.336 e. The summed E-state index contributed by atoms with van der Waals surface area (Å²) in [5.41, 5.74) is 3.05. The molecule has 0 aliphatic carbocycles. The van der Waals surface area contributed by atoms with Gasteiger partial charge in [0.1, 0.15) is 0 Å². The van der Waals surface area contributed by atoms with E-state index in [1.54, 1.807) is 6.07 Å². The third-order valence-electron chi connectivity index (χ3n) is 2.56. The third kappa shape index (κ3) is 2.56. The van der Waals surface area contributed by atoms with Crippen LogP contribution in [0.3, 0.4) is 0 Å². The lowest BCUT2D eigenvalue weighted by molar-refractivity contribution is 0.0698. The molecule has 2 rings (SSSR count). The zero-order chi connectivity index (χ0) is 12.4. The number of rotatable bonds is 2. The van der Waals surface area contributed by atoms with E-state index in [1.165, 1.54) is 0 Å². The first-order valence-corrected chi connectivity index (χ1v) is 5.97. The molecule has 0 atom stereocenters. The van der Waals surface area contributed by atoms with Crippen molar-refractivity contribution in [2.75, 3.05) is 0 Å². The Morgan fingerprint density at radius 3 is 2.35 bits per heavy atom. The fourth-order valence-electron chi connectivity index (χ4n) is 1.71. The number of benzene rings is 2. The Hall–Kier alpha value is -1.61. The van der Waals surface area contributed by atoms with Gasteiger partial charge in [-0.2, -0.15) is 0 Å². The van der Waals surface area contributed by atoms with E-state index >= 15 is 0 Å². The van der Waals surface area contributed by atoms with Crippen molar-refractivity contribution in [3.8, 4) is 11.1 Å². The zero-order valence-electron chi connectivity index (χ0n) is 9.27. The summed E-state index contributed by atoms with van der Waals surface area (Å²) in [6.07, 6.45) is 0. The molecule has 17 heavy (non-hydrogen) atoms. The van der Waals surface area contributed by atoms with Gasteiger partial charge in [0.2, 0.25) is 0 Å². The summed E-state index contributed by atoms with van der Waals surface area (Å²) in [6.45, 7) is 1.95. The van der Waals surface area contributed by atoms with Crippen molar-refractivity contribution < 1.29 is 9.90 Å². The highest BCUT2D eigenvalue weighted by atomic mass is 79.9. The van der Waals surface area contributed by atoms with Crippen molar-refractivity contribution in [3.05, 3.63) is 58.1 Å². The molecule has 0 aromatic heterocycles. The van der Waals surface area contributed by atoms with E-state index in [2.05, 4.69) is 15.9 Å². The second-order valence-corrected chi connectivity index (χ2v) is 4.78. The van der Waals surface area contributed by atoms with E-state index in [9.17, 15) is 4.79 Å². The van der Waals surface area contributed by atoms with Crippen LogP contribution in [0, 0.1) is 6.92 Å². The van der Waals surface area contributed by atoms with Gasteiger partial charge in [0.25, 0.3) is 0 Å². The Morgan fingerprint density at radius 2 is 1.76 bits per heavy atom. The topological polar surface area (TPSA) is 37.3 Å². The Bertz CT molecular complexity index is 559. The highest BCUT2D eigenvalue weighted by Crippen LogP contribution is 2.26. The van der Waals surface area contributed by atoms with Crippen LogP contribution in [0.5, 0.6) is 0 Å². The molecule has 86 valence electrons. The number of carboxylic acid groups (broad SMARTS) is 1. The molecule has 2 aromatic carbocycles. The minimum atomic E-state index is -0.900. The van der Waals surface area contributed by atoms with E-state index in [4.69, 9.17) is 5.11 Å². The van der Waals surface area contributed by atoms with Crippen molar-refractivity contribution in [3.63, 3.8) is 0 Å². The fourth-order valence-corrected chi connectivity index (χ4v) is 1.98. The molecule has 0 amide bonds. The first-order valence-electron chi connectivity index (χ1n) is 5.18. The zero-order valence-corrected chi connectivity index (χ0v) is 10.9. The minimum Gasteiger partial charge on any atom is -0.478 e. The van der Waals surface area contributed by atoms with Gasteiger partial charge in [-0.3, -0.25) is 0 Å². The summed E-state index contributed by atoms with van der Waals surface area (Å²) >= 11 is 3.36. The molecule has 3 heteroatoms. The SMILES string of the molecule is Cc1ccc(C(=O)O)c(-c2ccc(Br)cc2)c1. The van der Waals surface area contributed by atoms with Gasteiger partial charge in [-0.25, -0.2) is 4.79 Å². The molecule has 0 aliphatic rings. The molecule has 0 saturated carbocycles. The van der Waals surface area contributed by atoms with E-state index in [-0.39, 0.29) is 0 Å². The second kappa shape index (κ2) is 4.72. The first-order chi connectivity index (χ1) is 8.08. The summed E-state index contributed by atoms with van der Waals surface area (Å²) in [7, 11) is 0. The number of aromatic carboxylic acids is 1. The van der Waals surface area contributed by atoms with Crippen molar-refractivity contribution in [1.82, 2.24) is 0 Å². The maximum atomic E-state index is 11.2. The third-order valence-corrected chi connectivity index (χ3v) is 3.09. The van der Waals surface area contributed by atoms with Gasteiger partial charge in [0, 0.05) is 4.47 Å². The van der Waals surface area contributed by atoms with Gasteiger partial charge >= 0.3 is 5.97 Å². The van der Waals surface area contributed by atoms with Crippen molar-refractivity contribution in [2.45, 2.75) is 6.92 Å². The van der Waals surface area contributed by atoms with Crippen LogP contribution < -0.4 is 0 Å². The number of carboxylic acids is 1. The normalized spacial score (nSPS) is 10.2. The van der Waals surface area contributed by atoms with Crippen LogP contribution >= 0.6 is 15.9 Å². The van der Waals surface area contributed by atoms with Crippen molar-refractivity contribution in [1.29, 1.82) is 0 Å². The highest BCUT2D eigenvalue weighted by molar-refractivity contribution is 9.10. The number of aryl methyl sites for hydroxylation is 1. The van der Waals surface area contributed by atoms with Crippen LogP contribution in [0.2, 0.25) is 0 Å². The Kier molecular flexibility index (Phi) is 3.29. The van der Waals surface area contributed by atoms with Crippen LogP contribution in [0.15, 0.2) is 46.9 Å². The lowest BCUT2D eigenvalue weighted by atomic mass is 9.98. The Labute approximate surface area is 108 Å². The van der Waals surface area contributed by atoms with E-state index in [0.717, 1.165) is 21.2 Å². The maximum Gasteiger partial charge on any atom is 0.336 e. The molecule has 2 aromatic rings. The van der Waals surface area contributed by atoms with E-state index in [0.29, 0.717) is 5.56 Å². The monoisotopic (exact) mass is 290 g/mol. The Morgan fingerprint density at radius 1 is 1.12 bits per heavy atom. The molecule has 0 bridgehead atoms. The maximum absolute atomic E-state index is 11.2. The average molecular weight is 291 g/mol. The van der Waals surface area contributed by atoms with Crippen LogP contribution in [0.25, 0.3) is 11.1 Å². The first kappa shape index (κ1) is 11.9. The number of halogens is 1. The van der Waals surface area contributed by atoms with Crippen LogP contribution in [-0.4, -0.2) is 11.1 Å². The van der Waals surface area contributed by atoms with Gasteiger partial charge < -0.3 is 5.11 Å². The number of carbonyl (C=O) groups is 1. The molecule has 2 nitrogen and oxygen atoms in total. The summed E-state index contributed by atoms with van der Waals surface area (Å²) in [5.74, 6) is -0.900.